The third kappa shape index (κ3) is 3.85. The molecule has 0 saturated carbocycles. The van der Waals surface area contributed by atoms with Crippen molar-refractivity contribution < 1.29 is 4.79 Å². The van der Waals surface area contributed by atoms with E-state index in [4.69, 9.17) is 5.73 Å². The fourth-order valence-corrected chi connectivity index (χ4v) is 4.35. The minimum Gasteiger partial charge on any atom is -0.396 e. The number of aromatic nitrogens is 3. The van der Waals surface area contributed by atoms with E-state index in [1.807, 2.05) is 24.3 Å². The van der Waals surface area contributed by atoms with E-state index in [1.165, 1.54) is 19.3 Å². The molecule has 1 amide bonds. The van der Waals surface area contributed by atoms with Crippen LogP contribution in [0.4, 0.5) is 5.69 Å². The number of rotatable bonds is 5. The Hall–Kier alpha value is -3.65. The lowest BCUT2D eigenvalue weighted by Gasteiger charge is -2.26. The van der Waals surface area contributed by atoms with Gasteiger partial charge in [0, 0.05) is 29.6 Å². The summed E-state index contributed by atoms with van der Waals surface area (Å²) >= 11 is 0. The number of fused-ring (bicyclic) bond motifs is 2. The van der Waals surface area contributed by atoms with Gasteiger partial charge in [0.05, 0.1) is 22.4 Å². The molecular formula is C24H26N6O2. The molecule has 2 aromatic heterocycles. The number of carbonyl (C=O) groups is 1. The number of carbonyl (C=O) groups excluding carboxylic acids is 1. The largest absolute Gasteiger partial charge is 0.396 e. The first kappa shape index (κ1) is 20.3. The normalized spacial score (nSPS) is 14.8. The van der Waals surface area contributed by atoms with Crippen LogP contribution in [0.5, 0.6) is 0 Å². The number of likely N-dealkylation sites (tertiary alicyclic amines) is 1. The molecule has 0 radical (unpaired) electrons. The standard InChI is InChI=1S/C24H26N6O2/c25-20-16-14-15(23(31)26-10-13-30-11-4-1-5-12-30)8-9-17(16)27-21(20)22-24(32)29-19-7-3-2-6-18(19)28-22/h2-3,6-9,14,27H,1,4-5,10-13,25H2,(H,26,31)(H,29,32). The first-order valence-corrected chi connectivity index (χ1v) is 11.0. The van der Waals surface area contributed by atoms with Gasteiger partial charge in [-0.05, 0) is 56.3 Å². The van der Waals surface area contributed by atoms with Gasteiger partial charge in [-0.25, -0.2) is 4.98 Å². The number of nitrogens with one attached hydrogen (secondary N) is 3. The summed E-state index contributed by atoms with van der Waals surface area (Å²) in [5, 5.41) is 3.69. The fraction of sp³-hybridized carbons (Fsp3) is 0.292. The Morgan fingerprint density at radius 2 is 1.88 bits per heavy atom. The lowest BCUT2D eigenvalue weighted by Crippen LogP contribution is -2.37. The highest BCUT2D eigenvalue weighted by atomic mass is 16.1. The minimum atomic E-state index is -0.322. The van der Waals surface area contributed by atoms with Crippen molar-refractivity contribution in [1.29, 1.82) is 0 Å². The van der Waals surface area contributed by atoms with Gasteiger partial charge >= 0.3 is 0 Å². The second kappa shape index (κ2) is 8.47. The Kier molecular flexibility index (Phi) is 5.36. The zero-order chi connectivity index (χ0) is 22.1. The number of nitrogen functional groups attached to an aromatic ring is 1. The number of hydrogen-bond donors (Lipinski definition) is 4. The summed E-state index contributed by atoms with van der Waals surface area (Å²) in [6, 6.07) is 12.7. The van der Waals surface area contributed by atoms with Crippen molar-refractivity contribution in [1.82, 2.24) is 25.2 Å². The van der Waals surface area contributed by atoms with Crippen LogP contribution in [-0.4, -0.2) is 51.9 Å². The average molecular weight is 431 g/mol. The highest BCUT2D eigenvalue weighted by Crippen LogP contribution is 2.31. The molecule has 1 fully saturated rings. The number of benzene rings is 2. The van der Waals surface area contributed by atoms with E-state index < -0.39 is 0 Å². The number of nitrogens with two attached hydrogens (primary N) is 1. The van der Waals surface area contributed by atoms with E-state index in [1.54, 1.807) is 18.2 Å². The van der Waals surface area contributed by atoms with E-state index in [0.29, 0.717) is 39.9 Å². The molecule has 8 nitrogen and oxygen atoms in total. The molecule has 0 aliphatic carbocycles. The Bertz CT molecular complexity index is 1350. The zero-order valence-corrected chi connectivity index (χ0v) is 17.8. The zero-order valence-electron chi connectivity index (χ0n) is 17.8. The molecule has 32 heavy (non-hydrogen) atoms. The number of amides is 1. The van der Waals surface area contributed by atoms with Crippen molar-refractivity contribution >= 4 is 33.5 Å². The van der Waals surface area contributed by atoms with Crippen LogP contribution in [0.15, 0.2) is 47.3 Å². The molecule has 1 saturated heterocycles. The predicted molar refractivity (Wildman–Crippen MR) is 127 cm³/mol. The van der Waals surface area contributed by atoms with Gasteiger partial charge in [-0.2, -0.15) is 0 Å². The first-order chi connectivity index (χ1) is 15.6. The van der Waals surface area contributed by atoms with E-state index in [2.05, 4.69) is 25.2 Å². The molecule has 5 N–H and O–H groups in total. The van der Waals surface area contributed by atoms with Gasteiger partial charge in [-0.3, -0.25) is 9.59 Å². The van der Waals surface area contributed by atoms with Crippen LogP contribution in [0.1, 0.15) is 29.6 Å². The summed E-state index contributed by atoms with van der Waals surface area (Å²) < 4.78 is 0. The molecule has 0 unspecified atom stereocenters. The highest BCUT2D eigenvalue weighted by Gasteiger charge is 2.17. The summed E-state index contributed by atoms with van der Waals surface area (Å²) in [4.78, 5) is 38.2. The van der Waals surface area contributed by atoms with Gasteiger partial charge < -0.3 is 25.9 Å². The lowest BCUT2D eigenvalue weighted by molar-refractivity contribution is 0.0946. The molecule has 0 bridgehead atoms. The molecule has 4 aromatic rings. The van der Waals surface area contributed by atoms with Crippen LogP contribution in [0.2, 0.25) is 0 Å². The summed E-state index contributed by atoms with van der Waals surface area (Å²) in [7, 11) is 0. The number of H-pyrrole nitrogens is 2. The Morgan fingerprint density at radius 3 is 2.72 bits per heavy atom. The molecule has 5 rings (SSSR count). The number of hydrogen-bond acceptors (Lipinski definition) is 5. The lowest BCUT2D eigenvalue weighted by atomic mass is 10.1. The van der Waals surface area contributed by atoms with Crippen LogP contribution in [0, 0.1) is 0 Å². The van der Waals surface area contributed by atoms with Crippen LogP contribution < -0.4 is 16.6 Å². The second-order valence-corrected chi connectivity index (χ2v) is 8.26. The van der Waals surface area contributed by atoms with Gasteiger partial charge in [-0.15, -0.1) is 0 Å². The first-order valence-electron chi connectivity index (χ1n) is 11.0. The maximum absolute atomic E-state index is 12.7. The number of anilines is 1. The molecule has 3 heterocycles. The summed E-state index contributed by atoms with van der Waals surface area (Å²) in [5.74, 6) is -0.132. The number of para-hydroxylation sites is 2. The Morgan fingerprint density at radius 1 is 1.06 bits per heavy atom. The maximum atomic E-state index is 12.7. The van der Waals surface area contributed by atoms with Gasteiger partial charge in [-0.1, -0.05) is 18.6 Å². The monoisotopic (exact) mass is 430 g/mol. The molecule has 1 aliphatic heterocycles. The van der Waals surface area contributed by atoms with E-state index in [-0.39, 0.29) is 17.2 Å². The van der Waals surface area contributed by atoms with Gasteiger partial charge in [0.2, 0.25) is 0 Å². The van der Waals surface area contributed by atoms with E-state index in [9.17, 15) is 9.59 Å². The van der Waals surface area contributed by atoms with E-state index in [0.717, 1.165) is 25.2 Å². The third-order valence-corrected chi connectivity index (χ3v) is 6.10. The molecule has 2 aromatic carbocycles. The van der Waals surface area contributed by atoms with Crippen LogP contribution in [0.25, 0.3) is 33.3 Å². The van der Waals surface area contributed by atoms with Gasteiger partial charge in [0.1, 0.15) is 0 Å². The summed E-state index contributed by atoms with van der Waals surface area (Å²) in [6.07, 6.45) is 3.76. The molecule has 164 valence electrons. The van der Waals surface area contributed by atoms with Crippen LogP contribution in [0.3, 0.4) is 0 Å². The minimum absolute atomic E-state index is 0.132. The van der Waals surface area contributed by atoms with Crippen molar-refractivity contribution in [3.8, 4) is 11.4 Å². The molecular weight excluding hydrogens is 404 g/mol. The van der Waals surface area contributed by atoms with Crippen molar-refractivity contribution in [2.24, 2.45) is 0 Å². The summed E-state index contributed by atoms with van der Waals surface area (Å²) in [6.45, 7) is 3.68. The van der Waals surface area contributed by atoms with Gasteiger partial charge in [0.25, 0.3) is 11.5 Å². The van der Waals surface area contributed by atoms with Crippen LogP contribution >= 0.6 is 0 Å². The van der Waals surface area contributed by atoms with Crippen molar-refractivity contribution in [3.05, 3.63) is 58.4 Å². The summed E-state index contributed by atoms with van der Waals surface area (Å²) in [5.41, 5.74) is 9.77. The van der Waals surface area contributed by atoms with E-state index >= 15 is 0 Å². The fourth-order valence-electron chi connectivity index (χ4n) is 4.35. The van der Waals surface area contributed by atoms with Gasteiger partial charge in [0.15, 0.2) is 5.69 Å². The molecule has 1 aliphatic rings. The molecule has 8 heteroatoms. The van der Waals surface area contributed by atoms with Crippen molar-refractivity contribution in [3.63, 3.8) is 0 Å². The third-order valence-electron chi connectivity index (χ3n) is 6.10. The maximum Gasteiger partial charge on any atom is 0.276 e. The average Bonchev–Trinajstić information content (AvgIpc) is 3.15. The Balaban J connectivity index is 1.39. The topological polar surface area (TPSA) is 120 Å². The second-order valence-electron chi connectivity index (χ2n) is 8.26. The van der Waals surface area contributed by atoms with Crippen LogP contribution in [-0.2, 0) is 0 Å². The number of piperidine rings is 1. The molecule has 0 spiro atoms. The quantitative estimate of drug-likeness (QED) is 0.388. The number of nitrogens with zero attached hydrogens (tertiary/aromatic N) is 2. The highest BCUT2D eigenvalue weighted by molar-refractivity contribution is 6.04. The van der Waals surface area contributed by atoms with Crippen molar-refractivity contribution in [2.45, 2.75) is 19.3 Å². The molecule has 0 atom stereocenters. The van der Waals surface area contributed by atoms with Crippen molar-refractivity contribution in [2.75, 3.05) is 31.9 Å². The SMILES string of the molecule is Nc1c(-c2nc3ccccc3[nH]c2=O)[nH]c2ccc(C(=O)NCCN3CCCCC3)cc12. The predicted octanol–water partition coefficient (Wildman–Crippen LogP) is 2.87. The Labute approximate surface area is 184 Å². The number of aromatic amines is 2. The smallest absolute Gasteiger partial charge is 0.276 e.